The average Bonchev–Trinajstić information content (AvgIpc) is 2.53. The van der Waals surface area contributed by atoms with Crippen molar-refractivity contribution in [2.24, 2.45) is 5.92 Å². The van der Waals surface area contributed by atoms with E-state index in [0.717, 1.165) is 29.4 Å². The van der Waals surface area contributed by atoms with Crippen LogP contribution in [0, 0.1) is 12.8 Å². The Morgan fingerprint density at radius 1 is 1.38 bits per heavy atom. The molecule has 1 amide bonds. The number of rotatable bonds is 8. The van der Waals surface area contributed by atoms with Crippen LogP contribution < -0.4 is 10.4 Å². The molecule has 0 aromatic carbocycles. The zero-order valence-electron chi connectivity index (χ0n) is 15.8. The predicted octanol–water partition coefficient (Wildman–Crippen LogP) is 1.85. The van der Waals surface area contributed by atoms with E-state index in [1.165, 1.54) is 6.33 Å². The lowest BCUT2D eigenvalue weighted by molar-refractivity contribution is -0.132. The molecular formula is C17H29N5O2. The minimum Gasteiger partial charge on any atom is -0.413 e. The molecule has 1 atom stereocenters. The fourth-order valence-electron chi connectivity index (χ4n) is 2.41. The zero-order chi connectivity index (χ0) is 18.3. The van der Waals surface area contributed by atoms with Crippen LogP contribution in [0.15, 0.2) is 12.1 Å². The molecule has 0 unspecified atom stereocenters. The van der Waals surface area contributed by atoms with Crippen molar-refractivity contribution in [2.75, 3.05) is 39.1 Å². The number of aromatic nitrogens is 2. The molecule has 0 saturated carbocycles. The van der Waals surface area contributed by atoms with E-state index >= 15 is 0 Å². The summed E-state index contributed by atoms with van der Waals surface area (Å²) < 4.78 is 0. The van der Waals surface area contributed by atoms with Crippen LogP contribution in [-0.4, -0.2) is 55.0 Å². The normalized spacial score (nSPS) is 12.7. The lowest BCUT2D eigenvalue weighted by Gasteiger charge is -2.25. The molecule has 0 aliphatic carbocycles. The Hall–Kier alpha value is -2.15. The number of nitrogens with zero attached hydrogens (tertiary/aromatic N) is 4. The Kier molecular flexibility index (Phi) is 7.64. The van der Waals surface area contributed by atoms with Gasteiger partial charge in [0.2, 0.25) is 5.91 Å². The van der Waals surface area contributed by atoms with Crippen molar-refractivity contribution in [3.63, 3.8) is 0 Å². The molecular weight excluding hydrogens is 306 g/mol. The number of amides is 1. The molecule has 0 saturated heterocycles. The highest BCUT2D eigenvalue weighted by molar-refractivity contribution is 5.78. The summed E-state index contributed by atoms with van der Waals surface area (Å²) in [6.45, 7) is 9.03. The number of allylic oxidation sites excluding steroid dienone is 1. The Labute approximate surface area is 144 Å². The van der Waals surface area contributed by atoms with Crippen LogP contribution in [0.5, 0.6) is 0 Å². The van der Waals surface area contributed by atoms with Gasteiger partial charge in [0.25, 0.3) is 0 Å². The third kappa shape index (κ3) is 5.49. The molecule has 1 heterocycles. The monoisotopic (exact) mass is 335 g/mol. The second-order valence-corrected chi connectivity index (χ2v) is 6.08. The van der Waals surface area contributed by atoms with Crippen LogP contribution in [0.1, 0.15) is 32.0 Å². The summed E-state index contributed by atoms with van der Waals surface area (Å²) in [6, 6.07) is 0. The van der Waals surface area contributed by atoms with Gasteiger partial charge in [-0.2, -0.15) is 5.48 Å². The van der Waals surface area contributed by atoms with Crippen molar-refractivity contribution in [2.45, 2.75) is 27.7 Å². The van der Waals surface area contributed by atoms with Crippen LogP contribution in [0.2, 0.25) is 0 Å². The summed E-state index contributed by atoms with van der Waals surface area (Å²) in [5, 5.41) is 0. The van der Waals surface area contributed by atoms with E-state index in [-0.39, 0.29) is 11.8 Å². The molecule has 7 heteroatoms. The Balaban J connectivity index is 2.93. The highest BCUT2D eigenvalue weighted by atomic mass is 16.6. The summed E-state index contributed by atoms with van der Waals surface area (Å²) >= 11 is 0. The summed E-state index contributed by atoms with van der Waals surface area (Å²) in [5.41, 5.74) is 4.56. The first-order valence-electron chi connectivity index (χ1n) is 8.09. The molecule has 134 valence electrons. The van der Waals surface area contributed by atoms with E-state index in [1.807, 2.05) is 45.7 Å². The molecule has 0 spiro atoms. The Morgan fingerprint density at radius 2 is 2.04 bits per heavy atom. The van der Waals surface area contributed by atoms with E-state index in [1.54, 1.807) is 19.0 Å². The Morgan fingerprint density at radius 3 is 2.62 bits per heavy atom. The van der Waals surface area contributed by atoms with Gasteiger partial charge in [0.1, 0.15) is 17.9 Å². The van der Waals surface area contributed by atoms with Gasteiger partial charge in [0.15, 0.2) is 0 Å². The number of hydroxylamine groups is 1. The minimum atomic E-state index is -0.114. The Bertz CT molecular complexity index is 586. The fourth-order valence-corrected chi connectivity index (χ4v) is 2.41. The second kappa shape index (κ2) is 9.22. The van der Waals surface area contributed by atoms with Crippen LogP contribution in [0.25, 0.3) is 6.08 Å². The molecule has 1 aromatic heterocycles. The van der Waals surface area contributed by atoms with E-state index < -0.39 is 0 Å². The lowest BCUT2D eigenvalue weighted by Crippen LogP contribution is -2.36. The first kappa shape index (κ1) is 19.9. The van der Waals surface area contributed by atoms with Crippen molar-refractivity contribution in [3.05, 3.63) is 23.3 Å². The quantitative estimate of drug-likeness (QED) is 0.577. The summed E-state index contributed by atoms with van der Waals surface area (Å²) in [6.07, 6.45) is 3.40. The third-order valence-electron chi connectivity index (χ3n) is 3.59. The van der Waals surface area contributed by atoms with Gasteiger partial charge in [0, 0.05) is 45.9 Å². The van der Waals surface area contributed by atoms with Crippen molar-refractivity contribution in [3.8, 4) is 0 Å². The van der Waals surface area contributed by atoms with E-state index in [9.17, 15) is 4.79 Å². The standard InChI is InChI=1S/C17H29N5O2/c1-8-20-24-13(3)9-15-14(4)16(19-11-18-15)22(7)10-12(2)17(23)21(5)6/h9,11-12,20H,8,10H2,1-7H3/b13-9+/t12-/m0/s1. The predicted molar refractivity (Wildman–Crippen MR) is 96.3 cm³/mol. The SMILES string of the molecule is CCNO/C(C)=C/c1ncnc(N(C)C[C@H](C)C(=O)N(C)C)c1C. The molecule has 24 heavy (non-hydrogen) atoms. The number of anilines is 1. The van der Waals surface area contributed by atoms with Gasteiger partial charge >= 0.3 is 0 Å². The fraction of sp³-hybridized carbons (Fsp3) is 0.588. The highest BCUT2D eigenvalue weighted by Gasteiger charge is 2.19. The highest BCUT2D eigenvalue weighted by Crippen LogP contribution is 2.20. The van der Waals surface area contributed by atoms with Crippen LogP contribution in [-0.2, 0) is 9.63 Å². The first-order valence-corrected chi connectivity index (χ1v) is 8.09. The smallest absolute Gasteiger partial charge is 0.226 e. The second-order valence-electron chi connectivity index (χ2n) is 6.08. The van der Waals surface area contributed by atoms with Crippen molar-refractivity contribution in [1.29, 1.82) is 0 Å². The summed E-state index contributed by atoms with van der Waals surface area (Å²) in [4.78, 5) is 29.7. The molecule has 0 bridgehead atoms. The molecule has 0 radical (unpaired) electrons. The number of hydrogen-bond acceptors (Lipinski definition) is 6. The zero-order valence-corrected chi connectivity index (χ0v) is 15.8. The van der Waals surface area contributed by atoms with Gasteiger partial charge in [-0.05, 0) is 20.8 Å². The first-order chi connectivity index (χ1) is 11.3. The van der Waals surface area contributed by atoms with Gasteiger partial charge < -0.3 is 14.6 Å². The van der Waals surface area contributed by atoms with Crippen LogP contribution in [0.3, 0.4) is 0 Å². The van der Waals surface area contributed by atoms with Crippen molar-refractivity contribution in [1.82, 2.24) is 20.3 Å². The summed E-state index contributed by atoms with van der Waals surface area (Å²) in [5.74, 6) is 1.52. The van der Waals surface area contributed by atoms with E-state index in [2.05, 4.69) is 15.4 Å². The topological polar surface area (TPSA) is 70.6 Å². The maximum Gasteiger partial charge on any atom is 0.226 e. The summed E-state index contributed by atoms with van der Waals surface area (Å²) in [7, 11) is 5.47. The molecule has 0 fully saturated rings. The van der Waals surface area contributed by atoms with E-state index in [0.29, 0.717) is 6.54 Å². The van der Waals surface area contributed by atoms with Crippen LogP contribution >= 0.6 is 0 Å². The number of carbonyl (C=O) groups is 1. The number of carbonyl (C=O) groups excluding carboxylic acids is 1. The maximum absolute atomic E-state index is 12.0. The minimum absolute atomic E-state index is 0.101. The number of nitrogens with one attached hydrogen (secondary N) is 1. The van der Waals surface area contributed by atoms with Crippen LogP contribution in [0.4, 0.5) is 5.82 Å². The van der Waals surface area contributed by atoms with Gasteiger partial charge in [-0.25, -0.2) is 9.97 Å². The van der Waals surface area contributed by atoms with Crippen molar-refractivity contribution >= 4 is 17.8 Å². The molecule has 1 N–H and O–H groups in total. The third-order valence-corrected chi connectivity index (χ3v) is 3.59. The van der Waals surface area contributed by atoms with Gasteiger partial charge in [-0.1, -0.05) is 6.92 Å². The molecule has 1 rings (SSSR count). The van der Waals surface area contributed by atoms with Gasteiger partial charge in [0.05, 0.1) is 11.6 Å². The van der Waals surface area contributed by atoms with E-state index in [4.69, 9.17) is 4.84 Å². The largest absolute Gasteiger partial charge is 0.413 e. The van der Waals surface area contributed by atoms with Crippen molar-refractivity contribution < 1.29 is 9.63 Å². The number of hydrogen-bond donors (Lipinski definition) is 1. The van der Waals surface area contributed by atoms with Gasteiger partial charge in [-0.3, -0.25) is 4.79 Å². The lowest BCUT2D eigenvalue weighted by atomic mass is 10.1. The maximum atomic E-state index is 12.0. The molecule has 1 aromatic rings. The molecule has 0 aliphatic heterocycles. The average molecular weight is 335 g/mol. The van der Waals surface area contributed by atoms with Gasteiger partial charge in [-0.15, -0.1) is 0 Å². The molecule has 7 nitrogen and oxygen atoms in total. The molecule has 0 aliphatic rings.